The Labute approximate surface area is 143 Å². The third kappa shape index (κ3) is 3.37. The number of carbonyl (C=O) groups excluding carboxylic acids is 1. The fraction of sp³-hybridized carbons (Fsp3) is 0.350. The fourth-order valence-corrected chi connectivity index (χ4v) is 2.89. The van der Waals surface area contributed by atoms with Gasteiger partial charge in [0.05, 0.1) is 12.8 Å². The van der Waals surface area contributed by atoms with Gasteiger partial charge in [-0.25, -0.2) is 4.79 Å². The Hall–Kier alpha value is -2.49. The van der Waals surface area contributed by atoms with Crippen molar-refractivity contribution in [1.29, 1.82) is 0 Å². The van der Waals surface area contributed by atoms with Crippen LogP contribution in [0, 0.1) is 0 Å². The van der Waals surface area contributed by atoms with E-state index in [4.69, 9.17) is 9.47 Å². The SMILES string of the molecule is COc1cccc(-c2ccc3c(c2)CCN3C(=O)OC(C)(C)C)c1. The molecule has 0 saturated carbocycles. The second-order valence-electron chi connectivity index (χ2n) is 6.96. The second-order valence-corrected chi connectivity index (χ2v) is 6.96. The largest absolute Gasteiger partial charge is 0.497 e. The van der Waals surface area contributed by atoms with Gasteiger partial charge < -0.3 is 9.47 Å². The standard InChI is InChI=1S/C20H23NO3/c1-20(2,3)24-19(22)21-11-10-16-12-15(8-9-18(16)21)14-6-5-7-17(13-14)23-4/h5-9,12-13H,10-11H2,1-4H3. The number of anilines is 1. The summed E-state index contributed by atoms with van der Waals surface area (Å²) in [6, 6.07) is 14.2. The van der Waals surface area contributed by atoms with E-state index in [9.17, 15) is 4.79 Å². The van der Waals surface area contributed by atoms with E-state index in [-0.39, 0.29) is 6.09 Å². The predicted molar refractivity (Wildman–Crippen MR) is 95.7 cm³/mol. The third-order valence-electron chi connectivity index (χ3n) is 3.99. The molecule has 0 aliphatic carbocycles. The van der Waals surface area contributed by atoms with Crippen LogP contribution in [0.5, 0.6) is 5.75 Å². The van der Waals surface area contributed by atoms with Crippen LogP contribution in [0.25, 0.3) is 11.1 Å². The molecular weight excluding hydrogens is 302 g/mol. The number of nitrogens with zero attached hydrogens (tertiary/aromatic N) is 1. The molecule has 24 heavy (non-hydrogen) atoms. The van der Waals surface area contributed by atoms with Crippen molar-refractivity contribution < 1.29 is 14.3 Å². The van der Waals surface area contributed by atoms with E-state index in [0.717, 1.165) is 29.0 Å². The summed E-state index contributed by atoms with van der Waals surface area (Å²) in [4.78, 5) is 14.1. The molecule has 0 aromatic heterocycles. The lowest BCUT2D eigenvalue weighted by Gasteiger charge is -2.24. The first-order valence-electron chi connectivity index (χ1n) is 8.15. The Bertz CT molecular complexity index is 762. The number of rotatable bonds is 2. The maximum absolute atomic E-state index is 12.3. The van der Waals surface area contributed by atoms with Crippen LogP contribution in [0.3, 0.4) is 0 Å². The number of hydrogen-bond donors (Lipinski definition) is 0. The number of ether oxygens (including phenoxy) is 2. The highest BCUT2D eigenvalue weighted by atomic mass is 16.6. The van der Waals surface area contributed by atoms with Gasteiger partial charge in [0.25, 0.3) is 0 Å². The van der Waals surface area contributed by atoms with Crippen LogP contribution in [-0.4, -0.2) is 25.3 Å². The summed E-state index contributed by atoms with van der Waals surface area (Å²) in [5, 5.41) is 0. The van der Waals surface area contributed by atoms with Crippen LogP contribution < -0.4 is 9.64 Å². The summed E-state index contributed by atoms with van der Waals surface area (Å²) in [5.74, 6) is 0.836. The van der Waals surface area contributed by atoms with E-state index in [0.29, 0.717) is 6.54 Å². The van der Waals surface area contributed by atoms with E-state index in [1.807, 2.05) is 51.1 Å². The quantitative estimate of drug-likeness (QED) is 0.806. The molecule has 3 rings (SSSR count). The van der Waals surface area contributed by atoms with Gasteiger partial charge >= 0.3 is 6.09 Å². The number of fused-ring (bicyclic) bond motifs is 1. The van der Waals surface area contributed by atoms with E-state index < -0.39 is 5.60 Å². The molecule has 1 heterocycles. The Morgan fingerprint density at radius 1 is 1.08 bits per heavy atom. The monoisotopic (exact) mass is 325 g/mol. The minimum absolute atomic E-state index is 0.282. The molecule has 0 spiro atoms. The van der Waals surface area contributed by atoms with Gasteiger partial charge in [0.2, 0.25) is 0 Å². The summed E-state index contributed by atoms with van der Waals surface area (Å²) in [7, 11) is 1.67. The zero-order valence-corrected chi connectivity index (χ0v) is 14.6. The van der Waals surface area contributed by atoms with E-state index >= 15 is 0 Å². The van der Waals surface area contributed by atoms with Gasteiger partial charge in [-0.2, -0.15) is 0 Å². The van der Waals surface area contributed by atoms with Crippen LogP contribution in [0.4, 0.5) is 10.5 Å². The van der Waals surface area contributed by atoms with E-state index in [2.05, 4.69) is 12.1 Å². The zero-order valence-electron chi connectivity index (χ0n) is 14.6. The van der Waals surface area contributed by atoms with Crippen LogP contribution in [0.2, 0.25) is 0 Å². The van der Waals surface area contributed by atoms with E-state index in [1.165, 1.54) is 5.56 Å². The number of benzene rings is 2. The van der Waals surface area contributed by atoms with Gasteiger partial charge in [-0.15, -0.1) is 0 Å². The minimum Gasteiger partial charge on any atom is -0.497 e. The molecule has 0 unspecified atom stereocenters. The lowest BCUT2D eigenvalue weighted by molar-refractivity contribution is 0.0584. The Kier molecular flexibility index (Phi) is 4.22. The van der Waals surface area contributed by atoms with Crippen molar-refractivity contribution in [2.24, 2.45) is 0 Å². The fourth-order valence-electron chi connectivity index (χ4n) is 2.89. The molecule has 4 heteroatoms. The number of hydrogen-bond acceptors (Lipinski definition) is 3. The Morgan fingerprint density at radius 2 is 1.83 bits per heavy atom. The normalized spacial score (nSPS) is 13.6. The summed E-state index contributed by atoms with van der Waals surface area (Å²) < 4.78 is 10.8. The topological polar surface area (TPSA) is 38.8 Å². The van der Waals surface area contributed by atoms with Gasteiger partial charge in [-0.3, -0.25) is 4.90 Å². The molecule has 1 aliphatic heterocycles. The molecule has 2 aromatic rings. The number of amides is 1. The van der Waals surface area contributed by atoms with Crippen molar-refractivity contribution >= 4 is 11.8 Å². The first-order chi connectivity index (χ1) is 11.4. The van der Waals surface area contributed by atoms with Gasteiger partial charge in [0.1, 0.15) is 11.4 Å². The van der Waals surface area contributed by atoms with Crippen LogP contribution in [-0.2, 0) is 11.2 Å². The van der Waals surface area contributed by atoms with Gasteiger partial charge in [-0.05, 0) is 68.1 Å². The lowest BCUT2D eigenvalue weighted by Crippen LogP contribution is -2.35. The molecule has 0 saturated heterocycles. The molecule has 0 bridgehead atoms. The molecule has 1 amide bonds. The van der Waals surface area contributed by atoms with Gasteiger partial charge in [0.15, 0.2) is 0 Å². The molecular formula is C20H23NO3. The zero-order chi connectivity index (χ0) is 17.3. The Morgan fingerprint density at radius 3 is 2.54 bits per heavy atom. The second kappa shape index (κ2) is 6.19. The smallest absolute Gasteiger partial charge is 0.414 e. The molecule has 0 fully saturated rings. The molecule has 0 radical (unpaired) electrons. The van der Waals surface area contributed by atoms with E-state index in [1.54, 1.807) is 12.0 Å². The highest BCUT2D eigenvalue weighted by Crippen LogP contribution is 2.34. The van der Waals surface area contributed by atoms with Gasteiger partial charge in [-0.1, -0.05) is 18.2 Å². The molecule has 2 aromatic carbocycles. The minimum atomic E-state index is -0.486. The third-order valence-corrected chi connectivity index (χ3v) is 3.99. The van der Waals surface area contributed by atoms with Crippen molar-refractivity contribution in [1.82, 2.24) is 0 Å². The van der Waals surface area contributed by atoms with Crippen molar-refractivity contribution in [2.45, 2.75) is 32.8 Å². The summed E-state index contributed by atoms with van der Waals surface area (Å²) >= 11 is 0. The molecule has 1 aliphatic rings. The van der Waals surface area contributed by atoms with Crippen LogP contribution >= 0.6 is 0 Å². The number of methoxy groups -OCH3 is 1. The van der Waals surface area contributed by atoms with Gasteiger partial charge in [0, 0.05) is 6.54 Å². The van der Waals surface area contributed by atoms with Crippen molar-refractivity contribution in [2.75, 3.05) is 18.6 Å². The first kappa shape index (κ1) is 16.4. The molecule has 0 N–H and O–H groups in total. The molecule has 126 valence electrons. The van der Waals surface area contributed by atoms with Crippen molar-refractivity contribution in [3.63, 3.8) is 0 Å². The average molecular weight is 325 g/mol. The maximum Gasteiger partial charge on any atom is 0.414 e. The van der Waals surface area contributed by atoms with Crippen molar-refractivity contribution in [3.05, 3.63) is 48.0 Å². The highest BCUT2D eigenvalue weighted by Gasteiger charge is 2.29. The summed E-state index contributed by atoms with van der Waals surface area (Å²) in [5.41, 5.74) is 3.85. The predicted octanol–water partition coefficient (Wildman–Crippen LogP) is 4.66. The van der Waals surface area contributed by atoms with Crippen molar-refractivity contribution in [3.8, 4) is 16.9 Å². The first-order valence-corrected chi connectivity index (χ1v) is 8.15. The maximum atomic E-state index is 12.3. The number of carbonyl (C=O) groups is 1. The molecule has 0 atom stereocenters. The van der Waals surface area contributed by atoms with Crippen LogP contribution in [0.1, 0.15) is 26.3 Å². The summed E-state index contributed by atoms with van der Waals surface area (Å²) in [6.07, 6.45) is 0.558. The summed E-state index contributed by atoms with van der Waals surface area (Å²) in [6.45, 7) is 6.31. The highest BCUT2D eigenvalue weighted by molar-refractivity contribution is 5.91. The van der Waals surface area contributed by atoms with Crippen LogP contribution in [0.15, 0.2) is 42.5 Å². The lowest BCUT2D eigenvalue weighted by atomic mass is 10.0. The molecule has 4 nitrogen and oxygen atoms in total. The average Bonchev–Trinajstić information content (AvgIpc) is 2.96. The Balaban J connectivity index is 1.86.